The molecule has 0 aromatic heterocycles. The Morgan fingerprint density at radius 2 is 2.50 bits per heavy atom. The monoisotopic (exact) mass is 165 g/mol. The Morgan fingerprint density at radius 1 is 1.90 bits per heavy atom. The van der Waals surface area contributed by atoms with Crippen LogP contribution in [0.1, 0.15) is 6.42 Å². The van der Waals surface area contributed by atoms with Gasteiger partial charge in [0.25, 0.3) is 0 Å². The normalized spacial score (nSPS) is 13.0. The highest BCUT2D eigenvalue weighted by atomic mass is 32.2. The summed E-state index contributed by atoms with van der Waals surface area (Å²) >= 11 is 1.56. The summed E-state index contributed by atoms with van der Waals surface area (Å²) in [5.41, 5.74) is 0. The molecule has 0 radical (unpaired) electrons. The van der Waals surface area contributed by atoms with Gasteiger partial charge < -0.3 is 5.11 Å². The highest BCUT2D eigenvalue weighted by molar-refractivity contribution is 7.98. The van der Waals surface area contributed by atoms with Gasteiger partial charge >= 0.3 is 5.97 Å². The SMILES string of the molecule is CSCCC(ON)C(=O)O. The molecular weight excluding hydrogens is 154 g/mol. The number of carbonyl (C=O) groups is 1. The van der Waals surface area contributed by atoms with Crippen LogP contribution in [-0.4, -0.2) is 29.2 Å². The average Bonchev–Trinajstić information content (AvgIpc) is 1.89. The maximum Gasteiger partial charge on any atom is 0.334 e. The molecule has 60 valence electrons. The first-order chi connectivity index (χ1) is 4.72. The zero-order valence-corrected chi connectivity index (χ0v) is 6.56. The van der Waals surface area contributed by atoms with Crippen LogP contribution >= 0.6 is 11.8 Å². The first kappa shape index (κ1) is 9.74. The zero-order chi connectivity index (χ0) is 7.98. The molecule has 0 aromatic rings. The van der Waals surface area contributed by atoms with Crippen molar-refractivity contribution in [1.82, 2.24) is 0 Å². The molecule has 0 fully saturated rings. The van der Waals surface area contributed by atoms with Crippen molar-refractivity contribution in [3.05, 3.63) is 0 Å². The molecule has 0 saturated heterocycles. The molecular formula is C5H11NO3S. The Bertz CT molecular complexity index is 109. The maximum absolute atomic E-state index is 10.2. The number of hydrogen-bond donors (Lipinski definition) is 2. The number of hydrogen-bond acceptors (Lipinski definition) is 4. The molecule has 1 atom stereocenters. The van der Waals surface area contributed by atoms with Gasteiger partial charge in [0.05, 0.1) is 0 Å². The van der Waals surface area contributed by atoms with Gasteiger partial charge in [-0.3, -0.25) is 4.84 Å². The molecule has 0 amide bonds. The predicted octanol–water partition coefficient (Wildman–Crippen LogP) is 0.0830. The van der Waals surface area contributed by atoms with Crippen molar-refractivity contribution in [3.8, 4) is 0 Å². The Balaban J connectivity index is 3.50. The second-order valence-electron chi connectivity index (χ2n) is 1.74. The highest BCUT2D eigenvalue weighted by Gasteiger charge is 2.15. The van der Waals surface area contributed by atoms with Gasteiger partial charge in [-0.05, 0) is 18.4 Å². The summed E-state index contributed by atoms with van der Waals surface area (Å²) in [7, 11) is 0. The Morgan fingerprint density at radius 3 is 2.80 bits per heavy atom. The molecule has 0 aliphatic rings. The van der Waals surface area contributed by atoms with Crippen LogP contribution in [0.2, 0.25) is 0 Å². The first-order valence-corrected chi connectivity index (χ1v) is 4.19. The topological polar surface area (TPSA) is 72.5 Å². The third-order valence-electron chi connectivity index (χ3n) is 1.02. The van der Waals surface area contributed by atoms with Crippen molar-refractivity contribution in [2.24, 2.45) is 5.90 Å². The Kier molecular flexibility index (Phi) is 5.38. The molecule has 0 saturated carbocycles. The van der Waals surface area contributed by atoms with Gasteiger partial charge in [0.1, 0.15) is 0 Å². The second-order valence-corrected chi connectivity index (χ2v) is 2.73. The van der Waals surface area contributed by atoms with Gasteiger partial charge in [-0.25, -0.2) is 10.7 Å². The summed E-state index contributed by atoms with van der Waals surface area (Å²) in [6.45, 7) is 0. The molecule has 1 unspecified atom stereocenters. The van der Waals surface area contributed by atoms with Crippen molar-refractivity contribution in [2.75, 3.05) is 12.0 Å². The van der Waals surface area contributed by atoms with Crippen LogP contribution in [0.25, 0.3) is 0 Å². The number of carboxylic acids is 1. The zero-order valence-electron chi connectivity index (χ0n) is 5.74. The van der Waals surface area contributed by atoms with E-state index in [0.717, 1.165) is 5.75 Å². The summed E-state index contributed by atoms with van der Waals surface area (Å²) < 4.78 is 0. The third kappa shape index (κ3) is 3.71. The van der Waals surface area contributed by atoms with Crippen molar-refractivity contribution in [1.29, 1.82) is 0 Å². The fourth-order valence-electron chi connectivity index (χ4n) is 0.475. The Hall–Kier alpha value is -0.260. The molecule has 4 nitrogen and oxygen atoms in total. The van der Waals surface area contributed by atoms with Crippen LogP contribution in [0, 0.1) is 0 Å². The number of aliphatic carboxylic acids is 1. The van der Waals surface area contributed by atoms with Crippen LogP contribution < -0.4 is 5.90 Å². The Labute approximate surface area is 63.7 Å². The number of thioether (sulfide) groups is 1. The lowest BCUT2D eigenvalue weighted by Gasteiger charge is -2.06. The first-order valence-electron chi connectivity index (χ1n) is 2.79. The third-order valence-corrected chi connectivity index (χ3v) is 1.67. The van der Waals surface area contributed by atoms with Gasteiger partial charge in [0.2, 0.25) is 0 Å². The highest BCUT2D eigenvalue weighted by Crippen LogP contribution is 2.02. The molecule has 5 heteroatoms. The van der Waals surface area contributed by atoms with E-state index in [1.807, 2.05) is 6.26 Å². The van der Waals surface area contributed by atoms with Gasteiger partial charge in [-0.2, -0.15) is 11.8 Å². The molecule has 0 spiro atoms. The summed E-state index contributed by atoms with van der Waals surface area (Å²) in [5.74, 6) is 4.47. The molecule has 0 bridgehead atoms. The minimum atomic E-state index is -1.00. The number of rotatable bonds is 5. The minimum absolute atomic E-state index is 0.451. The van der Waals surface area contributed by atoms with E-state index in [0.29, 0.717) is 6.42 Å². The minimum Gasteiger partial charge on any atom is -0.479 e. The maximum atomic E-state index is 10.2. The largest absolute Gasteiger partial charge is 0.479 e. The van der Waals surface area contributed by atoms with Gasteiger partial charge in [-0.1, -0.05) is 0 Å². The fraction of sp³-hybridized carbons (Fsp3) is 0.800. The molecule has 0 heterocycles. The van der Waals surface area contributed by atoms with Gasteiger partial charge in [0.15, 0.2) is 6.10 Å². The van der Waals surface area contributed by atoms with Crippen LogP contribution in [0.3, 0.4) is 0 Å². The van der Waals surface area contributed by atoms with E-state index in [1.54, 1.807) is 11.8 Å². The second kappa shape index (κ2) is 5.52. The van der Waals surface area contributed by atoms with Gasteiger partial charge in [-0.15, -0.1) is 0 Å². The van der Waals surface area contributed by atoms with Crippen LogP contribution in [-0.2, 0) is 9.63 Å². The number of nitrogens with two attached hydrogens (primary N) is 1. The van der Waals surface area contributed by atoms with E-state index in [4.69, 9.17) is 11.0 Å². The van der Waals surface area contributed by atoms with Crippen LogP contribution in [0.4, 0.5) is 0 Å². The molecule has 0 aliphatic heterocycles. The van der Waals surface area contributed by atoms with E-state index >= 15 is 0 Å². The molecule has 3 N–H and O–H groups in total. The lowest BCUT2D eigenvalue weighted by atomic mass is 10.3. The summed E-state index contributed by atoms with van der Waals surface area (Å²) in [6, 6.07) is 0. The van der Waals surface area contributed by atoms with Crippen molar-refractivity contribution >= 4 is 17.7 Å². The standard InChI is InChI=1S/C5H11NO3S/c1-10-3-2-4(9-6)5(7)8/h4H,2-3,6H2,1H3,(H,7,8). The smallest absolute Gasteiger partial charge is 0.334 e. The van der Waals surface area contributed by atoms with E-state index in [2.05, 4.69) is 4.84 Å². The van der Waals surface area contributed by atoms with Gasteiger partial charge in [0, 0.05) is 0 Å². The van der Waals surface area contributed by atoms with Crippen molar-refractivity contribution in [2.45, 2.75) is 12.5 Å². The average molecular weight is 165 g/mol. The van der Waals surface area contributed by atoms with E-state index in [9.17, 15) is 4.79 Å². The summed E-state index contributed by atoms with van der Waals surface area (Å²) in [5, 5.41) is 8.39. The predicted molar refractivity (Wildman–Crippen MR) is 39.7 cm³/mol. The quantitative estimate of drug-likeness (QED) is 0.564. The summed E-state index contributed by atoms with van der Waals surface area (Å²) in [6.07, 6.45) is 1.50. The van der Waals surface area contributed by atoms with Crippen molar-refractivity contribution < 1.29 is 14.7 Å². The van der Waals surface area contributed by atoms with E-state index < -0.39 is 12.1 Å². The van der Waals surface area contributed by atoms with E-state index in [-0.39, 0.29) is 0 Å². The fourth-order valence-corrected chi connectivity index (χ4v) is 0.924. The molecule has 10 heavy (non-hydrogen) atoms. The molecule has 0 aromatic carbocycles. The van der Waals surface area contributed by atoms with E-state index in [1.165, 1.54) is 0 Å². The van der Waals surface area contributed by atoms with Crippen LogP contribution in [0.15, 0.2) is 0 Å². The molecule has 0 rings (SSSR count). The lowest BCUT2D eigenvalue weighted by molar-refractivity contribution is -0.150. The molecule has 0 aliphatic carbocycles. The van der Waals surface area contributed by atoms with Crippen LogP contribution in [0.5, 0.6) is 0 Å². The van der Waals surface area contributed by atoms with Crippen molar-refractivity contribution in [3.63, 3.8) is 0 Å². The summed E-state index contributed by atoms with van der Waals surface area (Å²) in [4.78, 5) is 14.4. The lowest BCUT2D eigenvalue weighted by Crippen LogP contribution is -2.27. The number of carboxylic acid groups (broad SMARTS) is 1.